The third-order valence-corrected chi connectivity index (χ3v) is 4.20. The number of alkyl halides is 1. The van der Waals surface area contributed by atoms with Crippen molar-refractivity contribution in [2.24, 2.45) is 0 Å². The SMILES string of the molecule is FCCOC[C@H]1CN(c2ncc(I)cn2)CCN1c1ncncn1. The van der Waals surface area contributed by atoms with Gasteiger partial charge in [0, 0.05) is 35.6 Å². The van der Waals surface area contributed by atoms with Crippen molar-refractivity contribution >= 4 is 34.5 Å². The molecule has 0 aromatic carbocycles. The van der Waals surface area contributed by atoms with Crippen LogP contribution in [0.2, 0.25) is 0 Å². The fourth-order valence-electron chi connectivity index (χ4n) is 2.57. The van der Waals surface area contributed by atoms with Gasteiger partial charge in [-0.1, -0.05) is 0 Å². The van der Waals surface area contributed by atoms with Crippen LogP contribution in [0.1, 0.15) is 0 Å². The van der Waals surface area contributed by atoms with Crippen LogP contribution >= 0.6 is 22.6 Å². The molecule has 0 saturated carbocycles. The summed E-state index contributed by atoms with van der Waals surface area (Å²) in [5.74, 6) is 1.28. The van der Waals surface area contributed by atoms with Crippen LogP contribution in [0.3, 0.4) is 0 Å². The van der Waals surface area contributed by atoms with Gasteiger partial charge in [0.25, 0.3) is 0 Å². The molecule has 0 amide bonds. The predicted molar refractivity (Wildman–Crippen MR) is 94.7 cm³/mol. The molecule has 0 radical (unpaired) electrons. The number of hydrogen-bond donors (Lipinski definition) is 0. The minimum Gasteiger partial charge on any atom is -0.377 e. The normalized spacial score (nSPS) is 18.0. The molecule has 24 heavy (non-hydrogen) atoms. The third-order valence-electron chi connectivity index (χ3n) is 3.64. The zero-order valence-corrected chi connectivity index (χ0v) is 15.1. The fourth-order valence-corrected chi connectivity index (χ4v) is 2.85. The standard InChI is InChI=1S/C14H17FIN7O/c15-1-4-24-8-12-7-22(13-18-5-11(16)6-19-13)2-3-23(12)14-20-9-17-10-21-14/h5-6,9-10,12H,1-4,7-8H2/t12-/m1/s1. The van der Waals surface area contributed by atoms with Gasteiger partial charge >= 0.3 is 0 Å². The molecule has 1 atom stereocenters. The topological polar surface area (TPSA) is 80.2 Å². The summed E-state index contributed by atoms with van der Waals surface area (Å²) in [5.41, 5.74) is 0. The van der Waals surface area contributed by atoms with Gasteiger partial charge in [-0.15, -0.1) is 0 Å². The molecule has 3 heterocycles. The Kier molecular flexibility index (Phi) is 6.01. The number of piperazine rings is 1. The predicted octanol–water partition coefficient (Wildman–Crippen LogP) is 0.948. The smallest absolute Gasteiger partial charge is 0.228 e. The van der Waals surface area contributed by atoms with Crippen LogP contribution in [-0.2, 0) is 4.74 Å². The maximum atomic E-state index is 12.3. The minimum atomic E-state index is -0.498. The second-order valence-corrected chi connectivity index (χ2v) is 6.44. The van der Waals surface area contributed by atoms with Gasteiger partial charge in [0.2, 0.25) is 11.9 Å². The Bertz CT molecular complexity index is 633. The highest BCUT2D eigenvalue weighted by Gasteiger charge is 2.30. The number of ether oxygens (including phenoxy) is 1. The maximum Gasteiger partial charge on any atom is 0.228 e. The lowest BCUT2D eigenvalue weighted by atomic mass is 10.2. The summed E-state index contributed by atoms with van der Waals surface area (Å²) in [6.07, 6.45) is 6.51. The molecule has 0 unspecified atom stereocenters. The van der Waals surface area contributed by atoms with Gasteiger partial charge in [0.15, 0.2) is 0 Å². The molecule has 2 aromatic rings. The molecule has 2 aromatic heterocycles. The Labute approximate surface area is 152 Å². The lowest BCUT2D eigenvalue weighted by molar-refractivity contribution is 0.104. The first-order valence-electron chi connectivity index (χ1n) is 7.53. The molecule has 0 spiro atoms. The van der Waals surface area contributed by atoms with Crippen LogP contribution in [0.5, 0.6) is 0 Å². The van der Waals surface area contributed by atoms with Gasteiger partial charge in [-0.3, -0.25) is 0 Å². The van der Waals surface area contributed by atoms with E-state index in [1.165, 1.54) is 12.7 Å². The first-order chi connectivity index (χ1) is 11.8. The minimum absolute atomic E-state index is 0.0180. The summed E-state index contributed by atoms with van der Waals surface area (Å²) < 4.78 is 18.8. The van der Waals surface area contributed by atoms with Gasteiger partial charge in [-0.25, -0.2) is 29.3 Å². The van der Waals surface area contributed by atoms with Crippen molar-refractivity contribution in [1.82, 2.24) is 24.9 Å². The Hall–Kier alpha value is -1.69. The molecule has 3 rings (SSSR count). The summed E-state index contributed by atoms with van der Waals surface area (Å²) >= 11 is 2.18. The highest BCUT2D eigenvalue weighted by molar-refractivity contribution is 14.1. The average molecular weight is 445 g/mol. The summed E-state index contributed by atoms with van der Waals surface area (Å²) in [4.78, 5) is 25.2. The van der Waals surface area contributed by atoms with E-state index in [2.05, 4.69) is 57.3 Å². The molecule has 10 heteroatoms. The van der Waals surface area contributed by atoms with E-state index < -0.39 is 6.67 Å². The van der Waals surface area contributed by atoms with E-state index in [-0.39, 0.29) is 12.6 Å². The second kappa shape index (κ2) is 8.42. The van der Waals surface area contributed by atoms with E-state index in [1.807, 2.05) is 0 Å². The lowest BCUT2D eigenvalue weighted by Gasteiger charge is -2.41. The Morgan fingerprint density at radius 3 is 2.58 bits per heavy atom. The first-order valence-corrected chi connectivity index (χ1v) is 8.60. The number of hydrogen-bond acceptors (Lipinski definition) is 8. The van der Waals surface area contributed by atoms with Crippen molar-refractivity contribution < 1.29 is 9.13 Å². The Balaban J connectivity index is 1.74. The van der Waals surface area contributed by atoms with E-state index in [0.717, 1.165) is 10.1 Å². The van der Waals surface area contributed by atoms with Crippen LogP contribution in [0.15, 0.2) is 25.0 Å². The van der Waals surface area contributed by atoms with Crippen LogP contribution in [0.25, 0.3) is 0 Å². The number of anilines is 2. The van der Waals surface area contributed by atoms with Gasteiger partial charge in [-0.05, 0) is 22.6 Å². The molecule has 1 fully saturated rings. The Morgan fingerprint density at radius 1 is 1.12 bits per heavy atom. The van der Waals surface area contributed by atoms with Crippen LogP contribution < -0.4 is 9.80 Å². The molecule has 1 aliphatic heterocycles. The van der Waals surface area contributed by atoms with E-state index in [4.69, 9.17) is 4.74 Å². The summed E-state index contributed by atoms with van der Waals surface area (Å²) in [7, 11) is 0. The number of nitrogens with zero attached hydrogens (tertiary/aromatic N) is 7. The highest BCUT2D eigenvalue weighted by Crippen LogP contribution is 2.19. The van der Waals surface area contributed by atoms with Crippen molar-refractivity contribution in [1.29, 1.82) is 0 Å². The zero-order chi connectivity index (χ0) is 16.8. The molecule has 0 N–H and O–H groups in total. The molecular formula is C14H17FIN7O. The van der Waals surface area contributed by atoms with Crippen molar-refractivity contribution in [3.8, 4) is 0 Å². The fraction of sp³-hybridized carbons (Fsp3) is 0.500. The third kappa shape index (κ3) is 4.23. The van der Waals surface area contributed by atoms with Crippen molar-refractivity contribution in [2.75, 3.05) is 49.3 Å². The van der Waals surface area contributed by atoms with E-state index in [0.29, 0.717) is 31.6 Å². The molecule has 8 nitrogen and oxygen atoms in total. The summed E-state index contributed by atoms with van der Waals surface area (Å²) in [6, 6.07) is -0.0180. The molecule has 128 valence electrons. The summed E-state index contributed by atoms with van der Waals surface area (Å²) in [6.45, 7) is 2.06. The van der Waals surface area contributed by atoms with E-state index >= 15 is 0 Å². The van der Waals surface area contributed by atoms with E-state index in [9.17, 15) is 4.39 Å². The summed E-state index contributed by atoms with van der Waals surface area (Å²) in [5, 5.41) is 0. The Morgan fingerprint density at radius 2 is 1.88 bits per heavy atom. The maximum absolute atomic E-state index is 12.3. The van der Waals surface area contributed by atoms with Crippen LogP contribution in [0, 0.1) is 3.57 Å². The number of aromatic nitrogens is 5. The number of rotatable bonds is 6. The van der Waals surface area contributed by atoms with Gasteiger partial charge in [-0.2, -0.15) is 0 Å². The van der Waals surface area contributed by atoms with Gasteiger partial charge < -0.3 is 14.5 Å². The van der Waals surface area contributed by atoms with Crippen molar-refractivity contribution in [3.63, 3.8) is 0 Å². The van der Waals surface area contributed by atoms with E-state index in [1.54, 1.807) is 12.4 Å². The molecule has 0 aliphatic carbocycles. The average Bonchev–Trinajstić information content (AvgIpc) is 2.63. The quantitative estimate of drug-likeness (QED) is 0.481. The van der Waals surface area contributed by atoms with Crippen LogP contribution in [0.4, 0.5) is 16.3 Å². The molecule has 0 bridgehead atoms. The van der Waals surface area contributed by atoms with Gasteiger partial charge in [0.1, 0.15) is 19.3 Å². The molecule has 1 aliphatic rings. The molecule has 1 saturated heterocycles. The lowest BCUT2D eigenvalue weighted by Crippen LogP contribution is -2.56. The van der Waals surface area contributed by atoms with Crippen molar-refractivity contribution in [2.45, 2.75) is 6.04 Å². The van der Waals surface area contributed by atoms with Crippen molar-refractivity contribution in [3.05, 3.63) is 28.6 Å². The first kappa shape index (κ1) is 17.1. The largest absolute Gasteiger partial charge is 0.377 e. The highest BCUT2D eigenvalue weighted by atomic mass is 127. The second-order valence-electron chi connectivity index (χ2n) is 5.20. The van der Waals surface area contributed by atoms with Gasteiger partial charge in [0.05, 0.1) is 19.3 Å². The molecular weight excluding hydrogens is 428 g/mol. The monoisotopic (exact) mass is 445 g/mol. The number of halogens is 2. The zero-order valence-electron chi connectivity index (χ0n) is 12.9. The van der Waals surface area contributed by atoms with Crippen LogP contribution in [-0.4, -0.2) is 70.5 Å².